The van der Waals surface area contributed by atoms with Gasteiger partial charge in [-0.25, -0.2) is 23.5 Å². The highest BCUT2D eigenvalue weighted by molar-refractivity contribution is 5.92. The highest BCUT2D eigenvalue weighted by Gasteiger charge is 2.25. The van der Waals surface area contributed by atoms with Crippen molar-refractivity contribution in [2.75, 3.05) is 13.1 Å². The van der Waals surface area contributed by atoms with E-state index in [1.165, 1.54) is 18.2 Å². The second-order valence-electron chi connectivity index (χ2n) is 12.0. The lowest BCUT2D eigenvalue weighted by Gasteiger charge is -2.32. The van der Waals surface area contributed by atoms with Crippen LogP contribution in [-0.2, 0) is 19.7 Å². The predicted molar refractivity (Wildman–Crippen MR) is 172 cm³/mol. The Bertz CT molecular complexity index is 1950. The number of terminal acetylenes is 1. The number of rotatable bonds is 11. The van der Waals surface area contributed by atoms with Gasteiger partial charge in [0.1, 0.15) is 29.8 Å². The van der Waals surface area contributed by atoms with Crippen molar-refractivity contribution >= 4 is 17.0 Å². The zero-order chi connectivity index (χ0) is 33.1. The number of halogens is 2. The fraction of sp³-hybridized carbons (Fsp3) is 0.306. The third kappa shape index (κ3) is 7.13. The maximum atomic E-state index is 15.1. The molecule has 1 aliphatic heterocycles. The molecule has 0 amide bonds. The number of ether oxygens (including phenoxy) is 2. The Labute approximate surface area is 271 Å². The lowest BCUT2D eigenvalue weighted by Crippen LogP contribution is -2.38. The summed E-state index contributed by atoms with van der Waals surface area (Å²) < 4.78 is 45.3. The Morgan fingerprint density at radius 1 is 1.09 bits per heavy atom. The van der Waals surface area contributed by atoms with Crippen LogP contribution >= 0.6 is 0 Å². The SMILES string of the molecule is C#Cc1ccc(OCc2cccc(OC3CCN(Cc4nc5c(F)cc(C(=O)O)cc5n4Cc4cncn4C(C)C)CC3)c2)c(F)c1. The Hall–Kier alpha value is -5.21. The average Bonchev–Trinajstić information content (AvgIpc) is 3.67. The van der Waals surface area contributed by atoms with Crippen LogP contribution in [0.3, 0.4) is 0 Å². The molecule has 0 saturated carbocycles. The Balaban J connectivity index is 1.12. The minimum Gasteiger partial charge on any atom is -0.490 e. The second-order valence-corrected chi connectivity index (χ2v) is 12.0. The molecule has 2 aromatic heterocycles. The highest BCUT2D eigenvalue weighted by Crippen LogP contribution is 2.27. The smallest absolute Gasteiger partial charge is 0.335 e. The number of aromatic nitrogens is 4. The summed E-state index contributed by atoms with van der Waals surface area (Å²) in [5, 5.41) is 9.59. The molecule has 0 spiro atoms. The Kier molecular flexibility index (Phi) is 9.22. The van der Waals surface area contributed by atoms with Gasteiger partial charge in [-0.3, -0.25) is 4.90 Å². The number of fused-ring (bicyclic) bond motifs is 1. The molecular weight excluding hydrogens is 604 g/mol. The summed E-state index contributed by atoms with van der Waals surface area (Å²) >= 11 is 0. The van der Waals surface area contributed by atoms with Gasteiger partial charge < -0.3 is 23.7 Å². The second kappa shape index (κ2) is 13.6. The number of benzene rings is 3. The lowest BCUT2D eigenvalue weighted by molar-refractivity contribution is 0.0696. The van der Waals surface area contributed by atoms with Gasteiger partial charge in [0.05, 0.1) is 36.2 Å². The fourth-order valence-corrected chi connectivity index (χ4v) is 5.89. The van der Waals surface area contributed by atoms with E-state index in [1.54, 1.807) is 18.6 Å². The van der Waals surface area contributed by atoms with Crippen molar-refractivity contribution in [3.8, 4) is 23.8 Å². The summed E-state index contributed by atoms with van der Waals surface area (Å²) in [5.74, 6) is 1.53. The number of imidazole rings is 2. The van der Waals surface area contributed by atoms with E-state index in [1.807, 2.05) is 33.4 Å². The largest absolute Gasteiger partial charge is 0.490 e. The first-order valence-electron chi connectivity index (χ1n) is 15.5. The maximum Gasteiger partial charge on any atom is 0.335 e. The molecule has 0 unspecified atom stereocenters. The van der Waals surface area contributed by atoms with E-state index in [2.05, 4.69) is 34.6 Å². The summed E-state index contributed by atoms with van der Waals surface area (Å²) in [7, 11) is 0. The van der Waals surface area contributed by atoms with E-state index in [0.29, 0.717) is 35.7 Å². The molecular formula is C36H35F2N5O4. The Morgan fingerprint density at radius 3 is 2.62 bits per heavy atom. The normalized spacial score (nSPS) is 14.0. The van der Waals surface area contributed by atoms with Crippen molar-refractivity contribution in [2.45, 2.75) is 58.5 Å². The van der Waals surface area contributed by atoms with Gasteiger partial charge in [0.25, 0.3) is 0 Å². The summed E-state index contributed by atoms with van der Waals surface area (Å²) in [6, 6.07) is 14.7. The number of hydrogen-bond acceptors (Lipinski definition) is 6. The van der Waals surface area contributed by atoms with Crippen LogP contribution in [-0.4, -0.2) is 54.3 Å². The van der Waals surface area contributed by atoms with Crippen molar-refractivity contribution < 1.29 is 28.2 Å². The number of carboxylic acids is 1. The first-order valence-corrected chi connectivity index (χ1v) is 15.5. The molecule has 0 radical (unpaired) electrons. The molecule has 1 N–H and O–H groups in total. The molecule has 242 valence electrons. The standard InChI is InChI=1S/C36H35F2N5O4/c1-4-24-8-9-33(30(37)15-24)46-21-25-6-5-7-29(14-25)47-28-10-12-41(13-11-28)20-34-40-35-31(38)16-26(36(44)45)17-32(35)42(34)19-27-18-39-22-43(27)23(2)3/h1,5-9,14-18,22-23,28H,10-13,19-21H2,2-3H3,(H,44,45). The van der Waals surface area contributed by atoms with Crippen LogP contribution in [0.5, 0.6) is 11.5 Å². The topological polar surface area (TPSA) is 94.6 Å². The number of carbonyl (C=O) groups is 1. The van der Waals surface area contributed by atoms with E-state index in [-0.39, 0.29) is 35.6 Å². The summed E-state index contributed by atoms with van der Waals surface area (Å²) in [5.41, 5.74) is 2.66. The summed E-state index contributed by atoms with van der Waals surface area (Å²) in [6.45, 7) is 6.58. The van der Waals surface area contributed by atoms with Gasteiger partial charge in [0, 0.05) is 30.9 Å². The molecule has 1 saturated heterocycles. The molecule has 5 aromatic rings. The third-order valence-electron chi connectivity index (χ3n) is 8.35. The molecule has 1 aliphatic rings. The first kappa shape index (κ1) is 31.8. The zero-order valence-electron chi connectivity index (χ0n) is 26.2. The van der Waals surface area contributed by atoms with Gasteiger partial charge in [-0.05, 0) is 74.7 Å². The number of hydrogen-bond donors (Lipinski definition) is 1. The molecule has 11 heteroatoms. The van der Waals surface area contributed by atoms with Gasteiger partial charge in [-0.15, -0.1) is 6.42 Å². The van der Waals surface area contributed by atoms with Crippen LogP contribution in [0.1, 0.15) is 65.7 Å². The number of likely N-dealkylation sites (tertiary alicyclic amines) is 1. The number of carboxylic acid groups (broad SMARTS) is 1. The van der Waals surface area contributed by atoms with E-state index >= 15 is 4.39 Å². The van der Waals surface area contributed by atoms with Crippen molar-refractivity contribution in [2.24, 2.45) is 0 Å². The van der Waals surface area contributed by atoms with Crippen LogP contribution in [0.2, 0.25) is 0 Å². The molecule has 3 aromatic carbocycles. The number of aromatic carboxylic acids is 1. The van der Waals surface area contributed by atoms with Gasteiger partial charge >= 0.3 is 5.97 Å². The van der Waals surface area contributed by atoms with Crippen LogP contribution < -0.4 is 9.47 Å². The predicted octanol–water partition coefficient (Wildman–Crippen LogP) is 6.44. The number of nitrogens with zero attached hydrogens (tertiary/aromatic N) is 5. The van der Waals surface area contributed by atoms with Crippen molar-refractivity contribution in [1.82, 2.24) is 24.0 Å². The summed E-state index contributed by atoms with van der Waals surface area (Å²) in [4.78, 5) is 23.0. The molecule has 0 aliphatic carbocycles. The Morgan fingerprint density at radius 2 is 1.89 bits per heavy atom. The van der Waals surface area contributed by atoms with Gasteiger partial charge in [-0.2, -0.15) is 0 Å². The lowest BCUT2D eigenvalue weighted by atomic mass is 10.1. The van der Waals surface area contributed by atoms with Gasteiger partial charge in [0.2, 0.25) is 0 Å². The highest BCUT2D eigenvalue weighted by atomic mass is 19.1. The van der Waals surface area contributed by atoms with Crippen LogP contribution in [0.4, 0.5) is 8.78 Å². The summed E-state index contributed by atoms with van der Waals surface area (Å²) in [6.07, 6.45) is 10.4. The quantitative estimate of drug-likeness (QED) is 0.166. The molecule has 47 heavy (non-hydrogen) atoms. The van der Waals surface area contributed by atoms with E-state index < -0.39 is 17.6 Å². The van der Waals surface area contributed by atoms with Gasteiger partial charge in [-0.1, -0.05) is 18.1 Å². The van der Waals surface area contributed by atoms with E-state index in [0.717, 1.165) is 43.3 Å². The molecule has 0 atom stereocenters. The van der Waals surface area contributed by atoms with E-state index in [4.69, 9.17) is 15.9 Å². The maximum absolute atomic E-state index is 15.1. The minimum absolute atomic E-state index is 0.00838. The van der Waals surface area contributed by atoms with Gasteiger partial charge in [0.15, 0.2) is 17.4 Å². The fourth-order valence-electron chi connectivity index (χ4n) is 5.89. The van der Waals surface area contributed by atoms with Crippen LogP contribution in [0.25, 0.3) is 11.0 Å². The van der Waals surface area contributed by atoms with Crippen molar-refractivity contribution in [3.05, 3.63) is 107 Å². The molecule has 6 rings (SSSR count). The molecule has 0 bridgehead atoms. The van der Waals surface area contributed by atoms with Crippen LogP contribution in [0.15, 0.2) is 67.1 Å². The van der Waals surface area contributed by atoms with Crippen molar-refractivity contribution in [3.63, 3.8) is 0 Å². The molecule has 3 heterocycles. The van der Waals surface area contributed by atoms with Crippen LogP contribution in [0, 0.1) is 24.0 Å². The van der Waals surface area contributed by atoms with E-state index in [9.17, 15) is 14.3 Å². The van der Waals surface area contributed by atoms with Crippen molar-refractivity contribution in [1.29, 1.82) is 0 Å². The monoisotopic (exact) mass is 639 g/mol. The minimum atomic E-state index is -1.20. The average molecular weight is 640 g/mol. The first-order chi connectivity index (χ1) is 22.7. The molecule has 1 fully saturated rings. The zero-order valence-corrected chi connectivity index (χ0v) is 26.2. The number of piperidine rings is 1. The third-order valence-corrected chi connectivity index (χ3v) is 8.35. The molecule has 9 nitrogen and oxygen atoms in total.